The summed E-state index contributed by atoms with van der Waals surface area (Å²) in [7, 11) is 0. The minimum atomic E-state index is -0.547. The molecule has 0 saturated heterocycles. The van der Waals surface area contributed by atoms with Crippen molar-refractivity contribution in [1.82, 2.24) is 9.55 Å². The lowest BCUT2D eigenvalue weighted by Crippen LogP contribution is -2.15. The second-order valence-corrected chi connectivity index (χ2v) is 8.62. The summed E-state index contributed by atoms with van der Waals surface area (Å²) in [6, 6.07) is 9.15. The summed E-state index contributed by atoms with van der Waals surface area (Å²) < 4.78 is 13.2. The molecule has 1 aliphatic carbocycles. The van der Waals surface area contributed by atoms with Gasteiger partial charge in [-0.05, 0) is 57.9 Å². The van der Waals surface area contributed by atoms with Crippen LogP contribution in [0.25, 0.3) is 0 Å². The first kappa shape index (κ1) is 20.3. The molecule has 0 unspecified atom stereocenters. The van der Waals surface area contributed by atoms with E-state index in [-0.39, 0.29) is 12.4 Å². The average Bonchev–Trinajstić information content (AvgIpc) is 3.40. The SMILES string of the molecule is Cc1nc(COc2cccc(C(=O)OCC(=O)c3cc(C)n(C4CC4)c3C)c2)cs1. The summed E-state index contributed by atoms with van der Waals surface area (Å²) in [5.41, 5.74) is 3.84. The van der Waals surface area contributed by atoms with Gasteiger partial charge in [0, 0.05) is 28.4 Å². The van der Waals surface area contributed by atoms with E-state index in [0.717, 1.165) is 34.9 Å². The van der Waals surface area contributed by atoms with Crippen molar-refractivity contribution in [3.63, 3.8) is 0 Å². The second kappa shape index (κ2) is 8.44. The quantitative estimate of drug-likeness (QED) is 0.383. The van der Waals surface area contributed by atoms with E-state index in [4.69, 9.17) is 9.47 Å². The lowest BCUT2D eigenvalue weighted by atomic mass is 10.1. The van der Waals surface area contributed by atoms with Crippen molar-refractivity contribution in [1.29, 1.82) is 0 Å². The molecule has 30 heavy (non-hydrogen) atoms. The summed E-state index contributed by atoms with van der Waals surface area (Å²) >= 11 is 1.56. The van der Waals surface area contributed by atoms with Gasteiger partial charge in [0.25, 0.3) is 0 Å². The predicted molar refractivity (Wildman–Crippen MR) is 114 cm³/mol. The highest BCUT2D eigenvalue weighted by Crippen LogP contribution is 2.38. The van der Waals surface area contributed by atoms with Gasteiger partial charge in [0.2, 0.25) is 5.78 Å². The van der Waals surface area contributed by atoms with Gasteiger partial charge in [-0.1, -0.05) is 6.07 Å². The zero-order valence-electron chi connectivity index (χ0n) is 17.3. The van der Waals surface area contributed by atoms with Crippen molar-refractivity contribution in [3.8, 4) is 5.75 Å². The smallest absolute Gasteiger partial charge is 0.338 e. The van der Waals surface area contributed by atoms with Crippen LogP contribution in [0.5, 0.6) is 5.75 Å². The molecule has 0 radical (unpaired) electrons. The van der Waals surface area contributed by atoms with Gasteiger partial charge in [-0.25, -0.2) is 9.78 Å². The lowest BCUT2D eigenvalue weighted by molar-refractivity contribution is 0.0474. The van der Waals surface area contributed by atoms with Crippen molar-refractivity contribution in [2.75, 3.05) is 6.61 Å². The van der Waals surface area contributed by atoms with Crippen LogP contribution in [0.3, 0.4) is 0 Å². The van der Waals surface area contributed by atoms with E-state index >= 15 is 0 Å². The summed E-state index contributed by atoms with van der Waals surface area (Å²) in [4.78, 5) is 29.4. The first-order valence-corrected chi connectivity index (χ1v) is 10.8. The number of hydrogen-bond acceptors (Lipinski definition) is 6. The minimum absolute atomic E-state index is 0.186. The Bertz CT molecular complexity index is 1090. The number of aromatic nitrogens is 2. The molecule has 1 aromatic carbocycles. The third-order valence-corrected chi connectivity index (χ3v) is 5.98. The number of ether oxygens (including phenoxy) is 2. The summed E-state index contributed by atoms with van der Waals surface area (Å²) in [5, 5.41) is 2.92. The number of rotatable bonds is 8. The molecule has 2 heterocycles. The van der Waals surface area contributed by atoms with Gasteiger partial charge >= 0.3 is 5.97 Å². The van der Waals surface area contributed by atoms with Crippen LogP contribution in [0.2, 0.25) is 0 Å². The van der Waals surface area contributed by atoms with E-state index in [1.54, 1.807) is 35.6 Å². The molecule has 1 aliphatic rings. The molecule has 4 rings (SSSR count). The van der Waals surface area contributed by atoms with Gasteiger partial charge in [-0.2, -0.15) is 0 Å². The third kappa shape index (κ3) is 4.46. The Morgan fingerprint density at radius 3 is 2.70 bits per heavy atom. The summed E-state index contributed by atoms with van der Waals surface area (Å²) in [6.07, 6.45) is 2.30. The monoisotopic (exact) mass is 424 g/mol. The van der Waals surface area contributed by atoms with Gasteiger partial charge in [0.1, 0.15) is 12.4 Å². The molecule has 1 saturated carbocycles. The Labute approximate surface area is 179 Å². The maximum atomic E-state index is 12.6. The fourth-order valence-corrected chi connectivity index (χ4v) is 4.19. The Morgan fingerprint density at radius 1 is 1.20 bits per heavy atom. The summed E-state index contributed by atoms with van der Waals surface area (Å²) in [5.74, 6) is -0.182. The highest BCUT2D eigenvalue weighted by molar-refractivity contribution is 7.09. The standard InChI is InChI=1S/C23H24N2O4S/c1-14-9-21(15(2)25(14)19-7-8-19)22(26)12-29-23(27)17-5-4-6-20(10-17)28-11-18-13-30-16(3)24-18/h4-6,9-10,13,19H,7-8,11-12H2,1-3H3. The van der Waals surface area contributed by atoms with Crippen molar-refractivity contribution >= 4 is 23.1 Å². The molecular formula is C23H24N2O4S. The molecule has 1 fully saturated rings. The first-order chi connectivity index (χ1) is 14.4. The van der Waals surface area contributed by atoms with Crippen molar-refractivity contribution in [3.05, 3.63) is 68.9 Å². The van der Waals surface area contributed by atoms with Crippen LogP contribution in [0.4, 0.5) is 0 Å². The number of ketones is 1. The molecule has 7 heteroatoms. The summed E-state index contributed by atoms with van der Waals surface area (Å²) in [6.45, 7) is 5.95. The number of hydrogen-bond donors (Lipinski definition) is 0. The van der Waals surface area contributed by atoms with Crippen molar-refractivity contribution in [2.24, 2.45) is 0 Å². The average molecular weight is 425 g/mol. The van der Waals surface area contributed by atoms with Crippen LogP contribution in [0.1, 0.15) is 61.7 Å². The Kier molecular flexibility index (Phi) is 5.72. The van der Waals surface area contributed by atoms with Gasteiger partial charge in [0.15, 0.2) is 6.61 Å². The van der Waals surface area contributed by atoms with Crippen LogP contribution in [-0.2, 0) is 11.3 Å². The third-order valence-electron chi connectivity index (χ3n) is 5.15. The van der Waals surface area contributed by atoms with E-state index in [9.17, 15) is 9.59 Å². The molecule has 0 bridgehead atoms. The molecule has 0 N–H and O–H groups in total. The molecule has 2 aromatic heterocycles. The molecule has 6 nitrogen and oxygen atoms in total. The zero-order valence-corrected chi connectivity index (χ0v) is 18.1. The number of carbonyl (C=O) groups is 2. The fraction of sp³-hybridized carbons (Fsp3) is 0.348. The Hall–Kier alpha value is -2.93. The normalized spacial score (nSPS) is 13.3. The van der Waals surface area contributed by atoms with Crippen molar-refractivity contribution in [2.45, 2.75) is 46.3 Å². The van der Waals surface area contributed by atoms with Crippen molar-refractivity contribution < 1.29 is 19.1 Å². The zero-order chi connectivity index (χ0) is 21.3. The van der Waals surface area contributed by atoms with Crippen LogP contribution in [0, 0.1) is 20.8 Å². The topological polar surface area (TPSA) is 70.4 Å². The molecule has 0 atom stereocenters. The highest BCUT2D eigenvalue weighted by Gasteiger charge is 2.28. The minimum Gasteiger partial charge on any atom is -0.487 e. The Balaban J connectivity index is 1.36. The maximum absolute atomic E-state index is 12.6. The van der Waals surface area contributed by atoms with E-state index < -0.39 is 5.97 Å². The molecule has 0 amide bonds. The highest BCUT2D eigenvalue weighted by atomic mass is 32.1. The van der Waals surface area contributed by atoms with Crippen LogP contribution in [0.15, 0.2) is 35.7 Å². The van der Waals surface area contributed by atoms with E-state index in [1.165, 1.54) is 0 Å². The molecule has 0 spiro atoms. The molecule has 0 aliphatic heterocycles. The van der Waals surface area contributed by atoms with E-state index in [1.807, 2.05) is 32.2 Å². The Morgan fingerprint density at radius 2 is 2.00 bits per heavy atom. The number of aryl methyl sites for hydroxylation is 2. The number of carbonyl (C=O) groups excluding carboxylic acids is 2. The van der Waals surface area contributed by atoms with Crippen LogP contribution < -0.4 is 4.74 Å². The van der Waals surface area contributed by atoms with Crippen LogP contribution in [-0.4, -0.2) is 27.9 Å². The van der Waals surface area contributed by atoms with Gasteiger partial charge in [-0.3, -0.25) is 4.79 Å². The molecule has 156 valence electrons. The predicted octanol–water partition coefficient (Wildman–Crippen LogP) is 4.82. The number of thiazole rings is 1. The number of Topliss-reactive ketones (excluding diaryl/α,β-unsaturated/α-hetero) is 1. The largest absolute Gasteiger partial charge is 0.487 e. The number of benzene rings is 1. The maximum Gasteiger partial charge on any atom is 0.338 e. The fourth-order valence-electron chi connectivity index (χ4n) is 3.59. The van der Waals surface area contributed by atoms with E-state index in [0.29, 0.717) is 29.5 Å². The number of nitrogens with zero attached hydrogens (tertiary/aromatic N) is 2. The van der Waals surface area contributed by atoms with Gasteiger partial charge in [0.05, 0.1) is 16.3 Å². The molecular weight excluding hydrogens is 400 g/mol. The first-order valence-electron chi connectivity index (χ1n) is 9.95. The van der Waals surface area contributed by atoms with Gasteiger partial charge < -0.3 is 14.0 Å². The number of esters is 1. The lowest BCUT2D eigenvalue weighted by Gasteiger charge is -2.09. The van der Waals surface area contributed by atoms with Crippen LogP contribution >= 0.6 is 11.3 Å². The van der Waals surface area contributed by atoms with E-state index in [2.05, 4.69) is 9.55 Å². The molecule has 3 aromatic rings. The second-order valence-electron chi connectivity index (χ2n) is 7.56. The van der Waals surface area contributed by atoms with Gasteiger partial charge in [-0.15, -0.1) is 11.3 Å².